The monoisotopic (exact) mass is 236 g/mol. The minimum absolute atomic E-state index is 0.578. The maximum absolute atomic E-state index is 5.88. The van der Waals surface area contributed by atoms with Crippen molar-refractivity contribution in [3.8, 4) is 0 Å². The van der Waals surface area contributed by atoms with Gasteiger partial charge in [0.2, 0.25) is 0 Å². The summed E-state index contributed by atoms with van der Waals surface area (Å²) in [6, 6.07) is 1.24. The van der Waals surface area contributed by atoms with Crippen molar-refractivity contribution < 1.29 is 0 Å². The van der Waals surface area contributed by atoms with E-state index in [1.165, 1.54) is 30.6 Å². The van der Waals surface area contributed by atoms with Gasteiger partial charge in [0.05, 0.1) is 5.69 Å². The molecule has 96 valence electrons. The average molecular weight is 236 g/mol. The van der Waals surface area contributed by atoms with Crippen LogP contribution in [0.15, 0.2) is 0 Å². The lowest BCUT2D eigenvalue weighted by atomic mass is 10.1. The fourth-order valence-corrected chi connectivity index (χ4v) is 3.11. The Balaban J connectivity index is 2.44. The Labute approximate surface area is 104 Å². The Morgan fingerprint density at radius 1 is 1.41 bits per heavy atom. The second-order valence-corrected chi connectivity index (χ2v) is 5.11. The Morgan fingerprint density at radius 3 is 2.71 bits per heavy atom. The molecule has 0 aromatic carbocycles. The van der Waals surface area contributed by atoms with Crippen LogP contribution in [0.4, 0.5) is 5.82 Å². The molecule has 4 nitrogen and oxygen atoms in total. The van der Waals surface area contributed by atoms with E-state index in [4.69, 9.17) is 5.73 Å². The molecular weight excluding hydrogens is 212 g/mol. The number of nitrogens with zero attached hydrogens (tertiary/aromatic N) is 3. The number of hydrogen-bond donors (Lipinski definition) is 1. The number of aryl methyl sites for hydroxylation is 2. The van der Waals surface area contributed by atoms with Crippen molar-refractivity contribution in [3.63, 3.8) is 0 Å². The maximum atomic E-state index is 5.88. The average Bonchev–Trinajstić information content (AvgIpc) is 2.78. The Kier molecular flexibility index (Phi) is 3.43. The molecule has 2 atom stereocenters. The van der Waals surface area contributed by atoms with Gasteiger partial charge in [0, 0.05) is 31.2 Å². The van der Waals surface area contributed by atoms with E-state index in [9.17, 15) is 0 Å². The van der Waals surface area contributed by atoms with E-state index in [-0.39, 0.29) is 0 Å². The standard InChI is InChI=1S/C13H24N4/c1-5-11-7-6-9(2)17(11)13-12(8-14)10(3)15-16(13)4/h9,11H,5-8,14H2,1-4H3. The molecule has 1 aliphatic rings. The van der Waals surface area contributed by atoms with Crippen molar-refractivity contribution in [1.82, 2.24) is 9.78 Å². The summed E-state index contributed by atoms with van der Waals surface area (Å²) in [4.78, 5) is 2.53. The van der Waals surface area contributed by atoms with E-state index in [0.717, 1.165) is 5.69 Å². The van der Waals surface area contributed by atoms with Gasteiger partial charge in [-0.05, 0) is 33.1 Å². The number of aromatic nitrogens is 2. The molecular formula is C13H24N4. The summed E-state index contributed by atoms with van der Waals surface area (Å²) in [5.41, 5.74) is 8.16. The first-order chi connectivity index (χ1) is 8.10. The van der Waals surface area contributed by atoms with Crippen LogP contribution < -0.4 is 10.6 Å². The fraction of sp³-hybridized carbons (Fsp3) is 0.769. The molecule has 1 aromatic heterocycles. The summed E-state index contributed by atoms with van der Waals surface area (Å²) in [7, 11) is 2.03. The van der Waals surface area contributed by atoms with Crippen LogP contribution in [-0.2, 0) is 13.6 Å². The number of anilines is 1. The molecule has 0 aliphatic carbocycles. The van der Waals surface area contributed by atoms with Gasteiger partial charge >= 0.3 is 0 Å². The third-order valence-corrected chi connectivity index (χ3v) is 4.02. The lowest BCUT2D eigenvalue weighted by molar-refractivity contribution is 0.596. The molecule has 0 saturated carbocycles. The zero-order chi connectivity index (χ0) is 12.6. The van der Waals surface area contributed by atoms with E-state index in [2.05, 4.69) is 23.8 Å². The number of nitrogens with two attached hydrogens (primary N) is 1. The molecule has 0 radical (unpaired) electrons. The largest absolute Gasteiger partial charge is 0.351 e. The first-order valence-corrected chi connectivity index (χ1v) is 6.61. The highest BCUT2D eigenvalue weighted by molar-refractivity contribution is 5.52. The van der Waals surface area contributed by atoms with Gasteiger partial charge in [0.15, 0.2) is 0 Å². The summed E-state index contributed by atoms with van der Waals surface area (Å²) >= 11 is 0. The van der Waals surface area contributed by atoms with Crippen molar-refractivity contribution in [3.05, 3.63) is 11.3 Å². The molecule has 1 fully saturated rings. The van der Waals surface area contributed by atoms with E-state index in [1.807, 2.05) is 18.7 Å². The molecule has 4 heteroatoms. The lowest BCUT2D eigenvalue weighted by Gasteiger charge is -2.31. The lowest BCUT2D eigenvalue weighted by Crippen LogP contribution is -2.36. The minimum atomic E-state index is 0.578. The highest BCUT2D eigenvalue weighted by atomic mass is 15.4. The van der Waals surface area contributed by atoms with Gasteiger partial charge in [-0.15, -0.1) is 0 Å². The molecule has 2 rings (SSSR count). The summed E-state index contributed by atoms with van der Waals surface area (Å²) in [5, 5.41) is 4.52. The van der Waals surface area contributed by atoms with Crippen LogP contribution in [-0.4, -0.2) is 21.9 Å². The van der Waals surface area contributed by atoms with Crippen molar-refractivity contribution in [2.45, 2.75) is 58.7 Å². The highest BCUT2D eigenvalue weighted by Crippen LogP contribution is 2.34. The SMILES string of the molecule is CCC1CCC(C)N1c1c(CN)c(C)nn1C. The minimum Gasteiger partial charge on any atom is -0.351 e. The Bertz CT molecular complexity index is 396. The predicted octanol–water partition coefficient (Wildman–Crippen LogP) is 1.95. The van der Waals surface area contributed by atoms with Gasteiger partial charge in [-0.1, -0.05) is 6.92 Å². The molecule has 2 N–H and O–H groups in total. The van der Waals surface area contributed by atoms with Crippen LogP contribution in [0.5, 0.6) is 0 Å². The summed E-state index contributed by atoms with van der Waals surface area (Å²) in [6.07, 6.45) is 3.75. The van der Waals surface area contributed by atoms with Crippen LogP contribution in [0.1, 0.15) is 44.4 Å². The zero-order valence-corrected chi connectivity index (χ0v) is 11.4. The van der Waals surface area contributed by atoms with E-state index < -0.39 is 0 Å². The molecule has 2 heterocycles. The normalized spacial score (nSPS) is 24.6. The predicted molar refractivity (Wildman–Crippen MR) is 71.1 cm³/mol. The van der Waals surface area contributed by atoms with Crippen molar-refractivity contribution in [2.75, 3.05) is 4.90 Å². The van der Waals surface area contributed by atoms with Crippen molar-refractivity contribution in [2.24, 2.45) is 12.8 Å². The van der Waals surface area contributed by atoms with E-state index in [0.29, 0.717) is 18.6 Å². The van der Waals surface area contributed by atoms with E-state index >= 15 is 0 Å². The maximum Gasteiger partial charge on any atom is 0.131 e. The topological polar surface area (TPSA) is 47.1 Å². The summed E-state index contributed by atoms with van der Waals surface area (Å²) < 4.78 is 2.00. The third kappa shape index (κ3) is 1.95. The van der Waals surface area contributed by atoms with Crippen LogP contribution in [0, 0.1) is 6.92 Å². The summed E-state index contributed by atoms with van der Waals surface area (Å²) in [6.45, 7) is 7.20. The van der Waals surface area contributed by atoms with Crippen molar-refractivity contribution >= 4 is 5.82 Å². The first-order valence-electron chi connectivity index (χ1n) is 6.61. The van der Waals surface area contributed by atoms with Crippen molar-refractivity contribution in [1.29, 1.82) is 0 Å². The van der Waals surface area contributed by atoms with Crippen LogP contribution in [0.25, 0.3) is 0 Å². The molecule has 0 amide bonds. The second-order valence-electron chi connectivity index (χ2n) is 5.11. The molecule has 2 unspecified atom stereocenters. The first kappa shape index (κ1) is 12.4. The van der Waals surface area contributed by atoms with Crippen LogP contribution >= 0.6 is 0 Å². The van der Waals surface area contributed by atoms with Crippen LogP contribution in [0.3, 0.4) is 0 Å². The molecule has 1 aromatic rings. The summed E-state index contributed by atoms with van der Waals surface area (Å²) in [5.74, 6) is 1.24. The highest BCUT2D eigenvalue weighted by Gasteiger charge is 2.33. The van der Waals surface area contributed by atoms with Gasteiger partial charge < -0.3 is 10.6 Å². The quantitative estimate of drug-likeness (QED) is 0.872. The molecule has 1 aliphatic heterocycles. The van der Waals surface area contributed by atoms with E-state index in [1.54, 1.807) is 0 Å². The number of hydrogen-bond acceptors (Lipinski definition) is 3. The molecule has 0 spiro atoms. The van der Waals surface area contributed by atoms with Gasteiger partial charge in [0.25, 0.3) is 0 Å². The smallest absolute Gasteiger partial charge is 0.131 e. The van der Waals surface area contributed by atoms with Crippen LogP contribution in [0.2, 0.25) is 0 Å². The van der Waals surface area contributed by atoms with Gasteiger partial charge in [0.1, 0.15) is 5.82 Å². The Morgan fingerprint density at radius 2 is 2.12 bits per heavy atom. The van der Waals surface area contributed by atoms with Gasteiger partial charge in [-0.2, -0.15) is 5.10 Å². The second kappa shape index (κ2) is 4.69. The van der Waals surface area contributed by atoms with Gasteiger partial charge in [-0.25, -0.2) is 0 Å². The molecule has 1 saturated heterocycles. The number of rotatable bonds is 3. The zero-order valence-electron chi connectivity index (χ0n) is 11.4. The van der Waals surface area contributed by atoms with Gasteiger partial charge in [-0.3, -0.25) is 4.68 Å². The Hall–Kier alpha value is -1.03. The third-order valence-electron chi connectivity index (χ3n) is 4.02. The molecule has 0 bridgehead atoms. The fourth-order valence-electron chi connectivity index (χ4n) is 3.11. The molecule has 17 heavy (non-hydrogen) atoms.